The molecular formula is C18H16O4. The lowest BCUT2D eigenvalue weighted by atomic mass is 9.52. The van der Waals surface area contributed by atoms with Gasteiger partial charge in [0.15, 0.2) is 0 Å². The highest BCUT2D eigenvalue weighted by atomic mass is 16.4. The van der Waals surface area contributed by atoms with E-state index in [1.54, 1.807) is 0 Å². The summed E-state index contributed by atoms with van der Waals surface area (Å²) in [5.74, 6) is -4.53. The minimum atomic E-state index is -1.05. The van der Waals surface area contributed by atoms with E-state index in [9.17, 15) is 19.8 Å². The Hall–Kier alpha value is -2.62. The first-order chi connectivity index (χ1) is 10.6. The normalized spacial score (nSPS) is 26.9. The van der Waals surface area contributed by atoms with Crippen LogP contribution in [0.5, 0.6) is 0 Å². The molecular weight excluding hydrogens is 280 g/mol. The molecule has 0 saturated heterocycles. The Balaban J connectivity index is 2.07. The third-order valence-electron chi connectivity index (χ3n) is 4.49. The van der Waals surface area contributed by atoms with Crippen molar-refractivity contribution in [2.45, 2.75) is 11.8 Å². The Kier molecular flexibility index (Phi) is 3.67. The van der Waals surface area contributed by atoms with Crippen LogP contribution in [0.2, 0.25) is 0 Å². The molecule has 2 aromatic rings. The summed E-state index contributed by atoms with van der Waals surface area (Å²) in [6.45, 7) is 0. The number of carboxylic acid groups (broad SMARTS) is 2. The quantitative estimate of drug-likeness (QED) is 0.909. The standard InChI is InChI=1S/C18H16O4/c19-17(20)15-13(11-7-3-1-4-8-11)14(16(15)18(21)22)12-9-5-2-6-10-12/h1-10,13-16H,(H,19,20)(H,21,22). The molecule has 0 aliphatic heterocycles. The van der Waals surface area contributed by atoms with E-state index in [0.717, 1.165) is 11.1 Å². The summed E-state index contributed by atoms with van der Waals surface area (Å²) in [6, 6.07) is 18.6. The SMILES string of the molecule is O=C(O)C1C(C(=O)O)C(c2ccccc2)C1c1ccccc1. The molecule has 4 nitrogen and oxygen atoms in total. The van der Waals surface area contributed by atoms with Gasteiger partial charge in [0.2, 0.25) is 0 Å². The second-order valence-electron chi connectivity index (χ2n) is 5.60. The van der Waals surface area contributed by atoms with Crippen LogP contribution in [0.4, 0.5) is 0 Å². The summed E-state index contributed by atoms with van der Waals surface area (Å²) < 4.78 is 0. The zero-order valence-electron chi connectivity index (χ0n) is 11.8. The van der Waals surface area contributed by atoms with Crippen LogP contribution >= 0.6 is 0 Å². The lowest BCUT2D eigenvalue weighted by Crippen LogP contribution is -2.51. The molecule has 1 aliphatic carbocycles. The average Bonchev–Trinajstić information content (AvgIpc) is 2.47. The molecule has 2 aromatic carbocycles. The number of rotatable bonds is 4. The van der Waals surface area contributed by atoms with Crippen LogP contribution < -0.4 is 0 Å². The Morgan fingerprint density at radius 1 is 0.636 bits per heavy atom. The Morgan fingerprint density at radius 2 is 0.955 bits per heavy atom. The van der Waals surface area contributed by atoms with Gasteiger partial charge in [-0.3, -0.25) is 9.59 Å². The molecule has 0 amide bonds. The molecule has 1 aliphatic rings. The number of aliphatic carboxylic acids is 2. The molecule has 0 radical (unpaired) electrons. The number of carbonyl (C=O) groups is 2. The molecule has 1 saturated carbocycles. The fourth-order valence-corrected chi connectivity index (χ4v) is 3.54. The highest BCUT2D eigenvalue weighted by molar-refractivity contribution is 5.85. The van der Waals surface area contributed by atoms with Crippen LogP contribution in [0, 0.1) is 11.8 Å². The molecule has 22 heavy (non-hydrogen) atoms. The van der Waals surface area contributed by atoms with Crippen molar-refractivity contribution in [2.24, 2.45) is 11.8 Å². The Morgan fingerprint density at radius 3 is 1.23 bits per heavy atom. The van der Waals surface area contributed by atoms with E-state index >= 15 is 0 Å². The number of hydrogen-bond acceptors (Lipinski definition) is 2. The van der Waals surface area contributed by atoms with Crippen molar-refractivity contribution < 1.29 is 19.8 Å². The van der Waals surface area contributed by atoms with E-state index in [1.165, 1.54) is 0 Å². The van der Waals surface area contributed by atoms with Gasteiger partial charge in [-0.25, -0.2) is 0 Å². The molecule has 0 spiro atoms. The van der Waals surface area contributed by atoms with Crippen molar-refractivity contribution in [3.63, 3.8) is 0 Å². The molecule has 4 atom stereocenters. The fraction of sp³-hybridized carbons (Fsp3) is 0.222. The van der Waals surface area contributed by atoms with Gasteiger partial charge >= 0.3 is 11.9 Å². The van der Waals surface area contributed by atoms with Gasteiger partial charge in [0.25, 0.3) is 0 Å². The maximum absolute atomic E-state index is 11.6. The van der Waals surface area contributed by atoms with E-state index in [4.69, 9.17) is 0 Å². The maximum atomic E-state index is 11.6. The van der Waals surface area contributed by atoms with Gasteiger partial charge in [-0.05, 0) is 11.1 Å². The van der Waals surface area contributed by atoms with Gasteiger partial charge in [-0.15, -0.1) is 0 Å². The first-order valence-electron chi connectivity index (χ1n) is 7.16. The smallest absolute Gasteiger partial charge is 0.308 e. The minimum Gasteiger partial charge on any atom is -0.481 e. The molecule has 4 heteroatoms. The predicted octanol–water partition coefficient (Wildman–Crippen LogP) is 2.97. The number of carboxylic acids is 2. The largest absolute Gasteiger partial charge is 0.481 e. The third-order valence-corrected chi connectivity index (χ3v) is 4.49. The van der Waals surface area contributed by atoms with Crippen molar-refractivity contribution in [3.05, 3.63) is 71.8 Å². The van der Waals surface area contributed by atoms with Gasteiger partial charge in [-0.2, -0.15) is 0 Å². The lowest BCUT2D eigenvalue weighted by molar-refractivity contribution is -0.164. The summed E-state index contributed by atoms with van der Waals surface area (Å²) in [5.41, 5.74) is 1.75. The van der Waals surface area contributed by atoms with E-state index in [2.05, 4.69) is 0 Å². The van der Waals surface area contributed by atoms with E-state index in [-0.39, 0.29) is 11.8 Å². The molecule has 0 bridgehead atoms. The summed E-state index contributed by atoms with van der Waals surface area (Å²) >= 11 is 0. The summed E-state index contributed by atoms with van der Waals surface area (Å²) in [5, 5.41) is 19.0. The fourth-order valence-electron chi connectivity index (χ4n) is 3.54. The van der Waals surface area contributed by atoms with Crippen LogP contribution in [-0.2, 0) is 9.59 Å². The van der Waals surface area contributed by atoms with Crippen molar-refractivity contribution >= 4 is 11.9 Å². The van der Waals surface area contributed by atoms with Crippen molar-refractivity contribution in [2.75, 3.05) is 0 Å². The Bertz CT molecular complexity index is 619. The first-order valence-corrected chi connectivity index (χ1v) is 7.16. The monoisotopic (exact) mass is 296 g/mol. The maximum Gasteiger partial charge on any atom is 0.308 e. The Labute approximate surface area is 128 Å². The van der Waals surface area contributed by atoms with E-state index < -0.39 is 23.8 Å². The van der Waals surface area contributed by atoms with Gasteiger partial charge in [0.1, 0.15) is 0 Å². The summed E-state index contributed by atoms with van der Waals surface area (Å²) in [7, 11) is 0. The van der Waals surface area contributed by atoms with Gasteiger partial charge < -0.3 is 10.2 Å². The number of benzene rings is 2. The van der Waals surface area contributed by atoms with Gasteiger partial charge in [-0.1, -0.05) is 60.7 Å². The van der Waals surface area contributed by atoms with Crippen molar-refractivity contribution in [1.29, 1.82) is 0 Å². The predicted molar refractivity (Wildman–Crippen MR) is 80.6 cm³/mol. The molecule has 1 fully saturated rings. The molecule has 112 valence electrons. The third kappa shape index (κ3) is 2.26. The lowest BCUT2D eigenvalue weighted by Gasteiger charge is -2.48. The van der Waals surface area contributed by atoms with Gasteiger partial charge in [0, 0.05) is 11.8 Å². The molecule has 3 rings (SSSR count). The number of hydrogen-bond donors (Lipinski definition) is 2. The zero-order chi connectivity index (χ0) is 15.7. The molecule has 4 unspecified atom stereocenters. The second kappa shape index (κ2) is 5.64. The average molecular weight is 296 g/mol. The zero-order valence-corrected chi connectivity index (χ0v) is 11.8. The topological polar surface area (TPSA) is 74.6 Å². The van der Waals surface area contributed by atoms with Crippen LogP contribution in [-0.4, -0.2) is 22.2 Å². The van der Waals surface area contributed by atoms with Crippen molar-refractivity contribution in [3.8, 4) is 0 Å². The molecule has 2 N–H and O–H groups in total. The minimum absolute atomic E-state index is 0.317. The first kappa shape index (κ1) is 14.3. The summed E-state index contributed by atoms with van der Waals surface area (Å²) in [4.78, 5) is 23.2. The van der Waals surface area contributed by atoms with Crippen LogP contribution in [0.15, 0.2) is 60.7 Å². The van der Waals surface area contributed by atoms with Crippen LogP contribution in [0.25, 0.3) is 0 Å². The molecule has 0 heterocycles. The second-order valence-corrected chi connectivity index (χ2v) is 5.60. The van der Waals surface area contributed by atoms with Crippen molar-refractivity contribution in [1.82, 2.24) is 0 Å². The molecule has 0 aromatic heterocycles. The highest BCUT2D eigenvalue weighted by Crippen LogP contribution is 2.57. The van der Waals surface area contributed by atoms with E-state index in [0.29, 0.717) is 0 Å². The highest BCUT2D eigenvalue weighted by Gasteiger charge is 2.58. The summed E-state index contributed by atoms with van der Waals surface area (Å²) in [6.07, 6.45) is 0. The van der Waals surface area contributed by atoms with Crippen LogP contribution in [0.1, 0.15) is 23.0 Å². The van der Waals surface area contributed by atoms with Gasteiger partial charge in [0.05, 0.1) is 11.8 Å². The van der Waals surface area contributed by atoms with Crippen LogP contribution in [0.3, 0.4) is 0 Å². The van der Waals surface area contributed by atoms with E-state index in [1.807, 2.05) is 60.7 Å².